The minimum Gasteiger partial charge on any atom is -0.339 e. The van der Waals surface area contributed by atoms with Gasteiger partial charge in [0.2, 0.25) is 11.4 Å². The molecule has 0 saturated carbocycles. The van der Waals surface area contributed by atoms with Gasteiger partial charge < -0.3 is 13.7 Å². The number of aliphatic imine (C=N–C) groups is 2. The molecule has 0 aliphatic rings. The fraction of sp³-hybridized carbons (Fsp3) is 0.143. The lowest BCUT2D eigenvalue weighted by molar-refractivity contribution is 0.946. The molecule has 0 amide bonds. The van der Waals surface area contributed by atoms with Crippen molar-refractivity contribution in [2.45, 2.75) is 0 Å². The zero-order valence-corrected chi connectivity index (χ0v) is 18.6. The molecule has 0 aliphatic carbocycles. The highest BCUT2D eigenvalue weighted by atomic mass is 32.1. The van der Waals surface area contributed by atoms with Crippen LogP contribution >= 0.6 is 22.7 Å². The second-order valence-electron chi connectivity index (χ2n) is 7.04. The summed E-state index contributed by atoms with van der Waals surface area (Å²) in [7, 11) is 5.74. The zero-order chi connectivity index (χ0) is 22.7. The molecule has 5 aromatic rings. The smallest absolute Gasteiger partial charge is 0.219 e. The van der Waals surface area contributed by atoms with Crippen LogP contribution in [0.2, 0.25) is 0 Å². The highest BCUT2D eigenvalue weighted by molar-refractivity contribution is 7.33. The predicted molar refractivity (Wildman–Crippen MR) is 126 cm³/mol. The number of rotatable bonds is 2. The molecule has 0 radical (unpaired) electrons. The molecule has 5 aromatic heterocycles. The van der Waals surface area contributed by atoms with Crippen LogP contribution in [0.15, 0.2) is 22.1 Å². The second kappa shape index (κ2) is 6.80. The standard InChI is InChI=1S/C21H11N9S2/c1-28-14(26-10(6-22)7-23)4-12-16(28)18-20(31-12)21-19(30(18)3)17-13(32-21)5-15(29(17)2)27-11(8-24)9-25/h4-5H,1-3H3. The van der Waals surface area contributed by atoms with Crippen molar-refractivity contribution in [3.63, 3.8) is 0 Å². The number of hydrogen-bond donors (Lipinski definition) is 0. The molecule has 0 saturated heterocycles. The van der Waals surface area contributed by atoms with Crippen LogP contribution < -0.4 is 0 Å². The van der Waals surface area contributed by atoms with E-state index in [-0.39, 0.29) is 11.4 Å². The van der Waals surface area contributed by atoms with Gasteiger partial charge >= 0.3 is 0 Å². The molecule has 0 bridgehead atoms. The molecular weight excluding hydrogens is 442 g/mol. The van der Waals surface area contributed by atoms with Gasteiger partial charge in [-0.25, -0.2) is 9.98 Å². The molecule has 32 heavy (non-hydrogen) atoms. The van der Waals surface area contributed by atoms with Crippen molar-refractivity contribution in [3.05, 3.63) is 12.1 Å². The molecule has 152 valence electrons. The number of hydrogen-bond acceptors (Lipinski definition) is 8. The first-order valence-electron chi connectivity index (χ1n) is 9.19. The van der Waals surface area contributed by atoms with Gasteiger partial charge in [-0.15, -0.1) is 22.7 Å². The number of nitriles is 4. The highest BCUT2D eigenvalue weighted by Crippen LogP contribution is 2.48. The van der Waals surface area contributed by atoms with E-state index in [0.717, 1.165) is 40.9 Å². The third-order valence-corrected chi connectivity index (χ3v) is 7.80. The van der Waals surface area contributed by atoms with Gasteiger partial charge in [-0.1, -0.05) is 0 Å². The lowest BCUT2D eigenvalue weighted by Gasteiger charge is -2.02. The van der Waals surface area contributed by atoms with Crippen molar-refractivity contribution in [3.8, 4) is 24.3 Å². The van der Waals surface area contributed by atoms with E-state index in [1.165, 1.54) is 0 Å². The molecule has 0 atom stereocenters. The normalized spacial score (nSPS) is 10.8. The third-order valence-electron chi connectivity index (χ3n) is 5.40. The molecule has 0 N–H and O–H groups in total. The van der Waals surface area contributed by atoms with Gasteiger partial charge in [0.25, 0.3) is 0 Å². The van der Waals surface area contributed by atoms with Gasteiger partial charge in [0.1, 0.15) is 35.9 Å². The Kier molecular flexibility index (Phi) is 4.15. The topological polar surface area (TPSA) is 135 Å². The van der Waals surface area contributed by atoms with Crippen LogP contribution in [0.1, 0.15) is 0 Å². The quantitative estimate of drug-likeness (QED) is 0.359. The maximum Gasteiger partial charge on any atom is 0.219 e. The Morgan fingerprint density at radius 1 is 0.656 bits per heavy atom. The van der Waals surface area contributed by atoms with Crippen molar-refractivity contribution < 1.29 is 0 Å². The number of thiophene rings is 2. The fourth-order valence-corrected chi connectivity index (χ4v) is 6.72. The van der Waals surface area contributed by atoms with Crippen molar-refractivity contribution in [2.24, 2.45) is 31.1 Å². The third kappa shape index (κ3) is 2.44. The average molecular weight is 454 g/mol. The molecule has 0 spiro atoms. The summed E-state index contributed by atoms with van der Waals surface area (Å²) >= 11 is 3.29. The lowest BCUT2D eigenvalue weighted by atomic mass is 10.4. The average Bonchev–Trinajstić information content (AvgIpc) is 3.53. The Morgan fingerprint density at radius 3 is 1.38 bits per heavy atom. The van der Waals surface area contributed by atoms with E-state index in [4.69, 9.17) is 21.0 Å². The first-order valence-corrected chi connectivity index (χ1v) is 10.8. The summed E-state index contributed by atoms with van der Waals surface area (Å²) in [5.41, 5.74) is 3.70. The van der Waals surface area contributed by atoms with E-state index in [0.29, 0.717) is 11.6 Å². The maximum atomic E-state index is 9.04. The van der Waals surface area contributed by atoms with Gasteiger partial charge in [-0.2, -0.15) is 21.0 Å². The predicted octanol–water partition coefficient (Wildman–Crippen LogP) is 4.68. The largest absolute Gasteiger partial charge is 0.339 e. The minimum atomic E-state index is -0.185. The molecule has 5 rings (SSSR count). The summed E-state index contributed by atoms with van der Waals surface area (Å²) in [6.45, 7) is 0. The van der Waals surface area contributed by atoms with Crippen molar-refractivity contribution in [1.29, 1.82) is 21.0 Å². The van der Waals surface area contributed by atoms with Gasteiger partial charge in [-0.3, -0.25) is 0 Å². The summed E-state index contributed by atoms with van der Waals surface area (Å²) in [5, 5.41) is 36.2. The van der Waals surface area contributed by atoms with E-state index >= 15 is 0 Å². The maximum absolute atomic E-state index is 9.04. The van der Waals surface area contributed by atoms with Gasteiger partial charge in [0, 0.05) is 33.3 Å². The van der Waals surface area contributed by atoms with Gasteiger partial charge in [0.15, 0.2) is 0 Å². The van der Waals surface area contributed by atoms with Crippen LogP contribution in [0.4, 0.5) is 11.6 Å². The minimum absolute atomic E-state index is 0.185. The van der Waals surface area contributed by atoms with E-state index in [1.54, 1.807) is 47.0 Å². The van der Waals surface area contributed by atoms with E-state index in [9.17, 15) is 0 Å². The summed E-state index contributed by atoms with van der Waals surface area (Å²) in [6, 6.07) is 11.0. The summed E-state index contributed by atoms with van der Waals surface area (Å²) < 4.78 is 10.3. The van der Waals surface area contributed by atoms with Crippen LogP contribution in [0.25, 0.3) is 40.9 Å². The molecule has 0 unspecified atom stereocenters. The number of aromatic nitrogens is 3. The Morgan fingerprint density at radius 2 is 1.03 bits per heavy atom. The molecular formula is C21H11N9S2. The summed E-state index contributed by atoms with van der Waals surface area (Å²) in [4.78, 5) is 8.36. The summed E-state index contributed by atoms with van der Waals surface area (Å²) in [6.07, 6.45) is 0. The van der Waals surface area contributed by atoms with Crippen LogP contribution in [-0.2, 0) is 21.1 Å². The fourth-order valence-electron chi connectivity index (χ4n) is 4.00. The van der Waals surface area contributed by atoms with Gasteiger partial charge in [-0.05, 0) is 0 Å². The van der Waals surface area contributed by atoms with Crippen LogP contribution in [0, 0.1) is 45.3 Å². The number of fused-ring (bicyclic) bond motifs is 7. The van der Waals surface area contributed by atoms with Crippen LogP contribution in [0.3, 0.4) is 0 Å². The van der Waals surface area contributed by atoms with E-state index < -0.39 is 0 Å². The Labute approximate surface area is 188 Å². The molecule has 0 aromatic carbocycles. The van der Waals surface area contributed by atoms with Gasteiger partial charge in [0.05, 0.1) is 40.9 Å². The van der Waals surface area contributed by atoms with Crippen LogP contribution in [0.5, 0.6) is 0 Å². The molecule has 0 fully saturated rings. The van der Waals surface area contributed by atoms with E-state index in [2.05, 4.69) is 14.6 Å². The number of nitrogens with zero attached hydrogens (tertiary/aromatic N) is 9. The zero-order valence-electron chi connectivity index (χ0n) is 17.0. The van der Waals surface area contributed by atoms with Crippen LogP contribution in [-0.4, -0.2) is 25.1 Å². The lowest BCUT2D eigenvalue weighted by Crippen LogP contribution is -1.94. The SMILES string of the molecule is Cn1c(N=C(C#N)C#N)cc2sc3c4sc5cc(N=C(C#N)C#N)n(C)c5c4n(C)c3c21. The van der Waals surface area contributed by atoms with Crippen molar-refractivity contribution in [1.82, 2.24) is 13.7 Å². The molecule has 5 heterocycles. The Bertz CT molecular complexity index is 1680. The van der Waals surface area contributed by atoms with Crippen molar-refractivity contribution in [2.75, 3.05) is 0 Å². The van der Waals surface area contributed by atoms with Crippen molar-refractivity contribution >= 4 is 86.6 Å². The Hall–Kier alpha value is -4.42. The number of aryl methyl sites for hydroxylation is 3. The molecule has 11 heteroatoms. The monoisotopic (exact) mass is 453 g/mol. The summed E-state index contributed by atoms with van der Waals surface area (Å²) in [5.74, 6) is 1.11. The first-order chi connectivity index (χ1) is 15.4. The first kappa shape index (κ1) is 19.5. The molecule has 0 aliphatic heterocycles. The van der Waals surface area contributed by atoms with E-state index in [1.807, 2.05) is 42.4 Å². The molecule has 9 nitrogen and oxygen atoms in total. The Balaban J connectivity index is 1.82. The second-order valence-corrected chi connectivity index (χ2v) is 9.14. The highest BCUT2D eigenvalue weighted by Gasteiger charge is 2.24.